The number of likely N-dealkylation sites (N-methyl/N-ethyl adjacent to an activating group) is 1. The van der Waals surface area contributed by atoms with Crippen molar-refractivity contribution in [2.45, 2.75) is 6.92 Å². The van der Waals surface area contributed by atoms with Crippen LogP contribution >= 0.6 is 11.3 Å². The van der Waals surface area contributed by atoms with Gasteiger partial charge in [0, 0.05) is 13.2 Å². The van der Waals surface area contributed by atoms with Crippen molar-refractivity contribution in [1.29, 1.82) is 0 Å². The highest BCUT2D eigenvalue weighted by atomic mass is 32.1. The van der Waals surface area contributed by atoms with Gasteiger partial charge in [0.25, 0.3) is 5.91 Å². The Bertz CT molecular complexity index is 1270. The van der Waals surface area contributed by atoms with Gasteiger partial charge in [-0.1, -0.05) is 12.1 Å². The molecule has 4 rings (SSSR count). The number of amides is 2. The second-order valence-corrected chi connectivity index (χ2v) is 8.00. The summed E-state index contributed by atoms with van der Waals surface area (Å²) in [5.41, 5.74) is 1.39. The third-order valence-corrected chi connectivity index (χ3v) is 5.37. The summed E-state index contributed by atoms with van der Waals surface area (Å²) in [6, 6.07) is 13.1. The van der Waals surface area contributed by atoms with Crippen LogP contribution in [0.2, 0.25) is 0 Å². The van der Waals surface area contributed by atoms with E-state index in [-0.39, 0.29) is 12.4 Å². The first-order valence-corrected chi connectivity index (χ1v) is 10.5. The van der Waals surface area contributed by atoms with Crippen LogP contribution in [-0.4, -0.2) is 50.1 Å². The van der Waals surface area contributed by atoms with Crippen molar-refractivity contribution in [1.82, 2.24) is 24.6 Å². The van der Waals surface area contributed by atoms with Gasteiger partial charge >= 0.3 is 0 Å². The third kappa shape index (κ3) is 4.70. The Morgan fingerprint density at radius 2 is 2.03 bits per heavy atom. The van der Waals surface area contributed by atoms with E-state index >= 15 is 0 Å². The molecule has 2 amide bonds. The van der Waals surface area contributed by atoms with Crippen LogP contribution < -0.4 is 5.32 Å². The molecule has 0 saturated heterocycles. The fourth-order valence-corrected chi connectivity index (χ4v) is 3.70. The standard InChI is InChI=1S/C22H19FN6O2S/c1-14-8-9-24-18(11-14)25-19(30)13-28(2)22(31)20-26-21(17-7-4-10-32-17)29(27-20)16-6-3-5-15(23)12-16/h3-12H,13H2,1-2H3,(H,24,25,30). The van der Waals surface area contributed by atoms with Crippen LogP contribution in [-0.2, 0) is 4.79 Å². The van der Waals surface area contributed by atoms with E-state index in [4.69, 9.17) is 0 Å². The lowest BCUT2D eigenvalue weighted by atomic mass is 10.3. The lowest BCUT2D eigenvalue weighted by molar-refractivity contribution is -0.116. The first kappa shape index (κ1) is 21.3. The molecule has 0 saturated carbocycles. The van der Waals surface area contributed by atoms with Gasteiger partial charge in [-0.2, -0.15) is 0 Å². The van der Waals surface area contributed by atoms with E-state index < -0.39 is 17.6 Å². The molecule has 0 fully saturated rings. The zero-order chi connectivity index (χ0) is 22.7. The molecule has 4 aromatic rings. The summed E-state index contributed by atoms with van der Waals surface area (Å²) in [5.74, 6) is -0.643. The molecular formula is C22H19FN6O2S. The number of nitrogens with zero attached hydrogens (tertiary/aromatic N) is 5. The Morgan fingerprint density at radius 3 is 2.75 bits per heavy atom. The smallest absolute Gasteiger partial charge is 0.293 e. The molecule has 3 heterocycles. The Balaban J connectivity index is 1.56. The maximum Gasteiger partial charge on any atom is 0.293 e. The molecule has 0 bridgehead atoms. The fraction of sp³-hybridized carbons (Fsp3) is 0.136. The van der Waals surface area contributed by atoms with Crippen molar-refractivity contribution in [3.63, 3.8) is 0 Å². The van der Waals surface area contributed by atoms with E-state index in [1.54, 1.807) is 24.4 Å². The molecule has 1 N–H and O–H groups in total. The SMILES string of the molecule is Cc1ccnc(NC(=O)CN(C)C(=O)c2nc(-c3cccs3)n(-c3cccc(F)c3)n2)c1. The Labute approximate surface area is 187 Å². The number of carbonyl (C=O) groups excluding carboxylic acids is 2. The number of hydrogen-bond donors (Lipinski definition) is 1. The molecule has 1 aromatic carbocycles. The highest BCUT2D eigenvalue weighted by Crippen LogP contribution is 2.26. The van der Waals surface area contributed by atoms with Gasteiger partial charge in [-0.15, -0.1) is 16.4 Å². The van der Waals surface area contributed by atoms with Crippen LogP contribution in [0, 0.1) is 12.7 Å². The minimum atomic E-state index is -0.537. The molecule has 0 unspecified atom stereocenters. The van der Waals surface area contributed by atoms with Crippen LogP contribution in [0.25, 0.3) is 16.4 Å². The number of aromatic nitrogens is 4. The van der Waals surface area contributed by atoms with Gasteiger partial charge in [0.15, 0.2) is 5.82 Å². The predicted molar refractivity (Wildman–Crippen MR) is 119 cm³/mol. The zero-order valence-electron chi connectivity index (χ0n) is 17.3. The number of anilines is 1. The summed E-state index contributed by atoms with van der Waals surface area (Å²) in [7, 11) is 1.49. The minimum absolute atomic E-state index is 0.0957. The number of pyridine rings is 1. The average molecular weight is 450 g/mol. The number of halogens is 1. The molecule has 0 radical (unpaired) electrons. The topological polar surface area (TPSA) is 93.0 Å². The molecule has 10 heteroatoms. The van der Waals surface area contributed by atoms with Crippen LogP contribution in [0.1, 0.15) is 16.2 Å². The van der Waals surface area contributed by atoms with Gasteiger partial charge in [0.2, 0.25) is 11.7 Å². The molecule has 0 atom stereocenters. The maximum absolute atomic E-state index is 13.8. The molecule has 162 valence electrons. The summed E-state index contributed by atoms with van der Waals surface area (Å²) in [6.45, 7) is 1.68. The summed E-state index contributed by atoms with van der Waals surface area (Å²) in [4.78, 5) is 35.8. The Hall–Kier alpha value is -3.92. The molecular weight excluding hydrogens is 431 g/mol. The van der Waals surface area contributed by atoms with Gasteiger partial charge in [0.05, 0.1) is 10.6 Å². The van der Waals surface area contributed by atoms with Gasteiger partial charge < -0.3 is 10.2 Å². The highest BCUT2D eigenvalue weighted by Gasteiger charge is 2.23. The first-order valence-electron chi connectivity index (χ1n) is 9.65. The van der Waals surface area contributed by atoms with Crippen LogP contribution in [0.15, 0.2) is 60.1 Å². The summed E-state index contributed by atoms with van der Waals surface area (Å²) in [5, 5.41) is 8.85. The van der Waals surface area contributed by atoms with E-state index in [1.807, 2.05) is 30.5 Å². The van der Waals surface area contributed by atoms with Crippen molar-refractivity contribution in [3.05, 3.63) is 77.3 Å². The van der Waals surface area contributed by atoms with Gasteiger partial charge in [0.1, 0.15) is 18.2 Å². The molecule has 0 aliphatic heterocycles. The third-order valence-electron chi connectivity index (χ3n) is 4.50. The zero-order valence-corrected chi connectivity index (χ0v) is 18.1. The van der Waals surface area contributed by atoms with E-state index in [1.165, 1.54) is 40.1 Å². The second-order valence-electron chi connectivity index (χ2n) is 7.06. The van der Waals surface area contributed by atoms with Gasteiger partial charge in [-0.25, -0.2) is 19.0 Å². The van der Waals surface area contributed by atoms with E-state index in [2.05, 4.69) is 20.4 Å². The Morgan fingerprint density at radius 1 is 1.19 bits per heavy atom. The fourth-order valence-electron chi connectivity index (χ4n) is 3.00. The molecule has 32 heavy (non-hydrogen) atoms. The lowest BCUT2D eigenvalue weighted by Crippen LogP contribution is -2.35. The predicted octanol–water partition coefficient (Wildman–Crippen LogP) is 3.55. The second kappa shape index (κ2) is 9.06. The van der Waals surface area contributed by atoms with Crippen LogP contribution in [0.3, 0.4) is 0 Å². The van der Waals surface area contributed by atoms with Crippen LogP contribution in [0.5, 0.6) is 0 Å². The number of benzene rings is 1. The quantitative estimate of drug-likeness (QED) is 0.485. The number of hydrogen-bond acceptors (Lipinski definition) is 6. The van der Waals surface area contributed by atoms with Crippen molar-refractivity contribution >= 4 is 29.0 Å². The average Bonchev–Trinajstić information content (AvgIpc) is 3.43. The normalized spacial score (nSPS) is 10.7. The van der Waals surface area contributed by atoms with Crippen molar-refractivity contribution in [3.8, 4) is 16.4 Å². The van der Waals surface area contributed by atoms with Crippen LogP contribution in [0.4, 0.5) is 10.2 Å². The molecule has 8 nitrogen and oxygen atoms in total. The van der Waals surface area contributed by atoms with Crippen molar-refractivity contribution in [2.24, 2.45) is 0 Å². The summed E-state index contributed by atoms with van der Waals surface area (Å²) >= 11 is 1.42. The van der Waals surface area contributed by atoms with Crippen molar-refractivity contribution < 1.29 is 14.0 Å². The molecule has 0 spiro atoms. The minimum Gasteiger partial charge on any atom is -0.330 e. The number of thiophene rings is 1. The lowest BCUT2D eigenvalue weighted by Gasteiger charge is -2.14. The number of nitrogens with one attached hydrogen (secondary N) is 1. The number of rotatable bonds is 6. The first-order chi connectivity index (χ1) is 15.4. The summed E-state index contributed by atoms with van der Waals surface area (Å²) in [6.07, 6.45) is 1.59. The van der Waals surface area contributed by atoms with Gasteiger partial charge in [-0.05, 0) is 54.3 Å². The highest BCUT2D eigenvalue weighted by molar-refractivity contribution is 7.13. The number of carbonyl (C=O) groups is 2. The summed E-state index contributed by atoms with van der Waals surface area (Å²) < 4.78 is 15.2. The van der Waals surface area contributed by atoms with E-state index in [0.29, 0.717) is 17.3 Å². The van der Waals surface area contributed by atoms with Gasteiger partial charge in [-0.3, -0.25) is 9.59 Å². The molecule has 0 aliphatic carbocycles. The van der Waals surface area contributed by atoms with Crippen molar-refractivity contribution in [2.75, 3.05) is 18.9 Å². The molecule has 3 aromatic heterocycles. The maximum atomic E-state index is 13.8. The largest absolute Gasteiger partial charge is 0.330 e. The monoisotopic (exact) mass is 450 g/mol. The van der Waals surface area contributed by atoms with E-state index in [0.717, 1.165) is 10.4 Å². The molecule has 0 aliphatic rings. The van der Waals surface area contributed by atoms with E-state index in [9.17, 15) is 14.0 Å². The number of aryl methyl sites for hydroxylation is 1. The Kier molecular flexibility index (Phi) is 6.04.